The highest BCUT2D eigenvalue weighted by molar-refractivity contribution is 7.89. The second-order valence-corrected chi connectivity index (χ2v) is 8.05. The molecule has 3 aliphatic heterocycles. The minimum atomic E-state index is -3.56. The number of nitrogens with zero attached hydrogens (tertiary/aromatic N) is 2. The van der Waals surface area contributed by atoms with Crippen LogP contribution < -0.4 is 4.74 Å². The molecule has 0 spiro atoms. The Hall–Kier alpha value is -2.13. The lowest BCUT2D eigenvalue weighted by molar-refractivity contribution is -0.126. The molecule has 0 aliphatic carbocycles. The fourth-order valence-electron chi connectivity index (χ4n) is 3.12. The highest BCUT2D eigenvalue weighted by atomic mass is 32.2. The largest absolute Gasteiger partial charge is 0.493 e. The zero-order valence-corrected chi connectivity index (χ0v) is 13.6. The van der Waals surface area contributed by atoms with Gasteiger partial charge >= 0.3 is 6.09 Å². The van der Waals surface area contributed by atoms with Crippen molar-refractivity contribution in [3.63, 3.8) is 0 Å². The van der Waals surface area contributed by atoms with Gasteiger partial charge in [-0.15, -0.1) is 0 Å². The number of sulfonamides is 1. The number of hydrogen-bond acceptors (Lipinski definition) is 6. The molecule has 2 amide bonds. The SMILES string of the molecule is O=C1COC(=O)N1CC1CN(S(=O)(=O)c2ccc3c(c2)CCO3)C1. The van der Waals surface area contributed by atoms with Crippen LogP contribution in [0.4, 0.5) is 4.79 Å². The summed E-state index contributed by atoms with van der Waals surface area (Å²) in [5, 5.41) is 0. The first-order valence-corrected chi connectivity index (χ1v) is 9.12. The van der Waals surface area contributed by atoms with Gasteiger partial charge in [-0.3, -0.25) is 4.79 Å². The van der Waals surface area contributed by atoms with Crippen molar-refractivity contribution in [2.24, 2.45) is 5.92 Å². The van der Waals surface area contributed by atoms with Gasteiger partial charge < -0.3 is 9.47 Å². The molecule has 0 atom stereocenters. The summed E-state index contributed by atoms with van der Waals surface area (Å²) < 4.78 is 36.7. The molecule has 3 aliphatic rings. The topological polar surface area (TPSA) is 93.2 Å². The molecule has 8 nitrogen and oxygen atoms in total. The lowest BCUT2D eigenvalue weighted by atomic mass is 10.0. The van der Waals surface area contributed by atoms with Crippen molar-refractivity contribution in [1.29, 1.82) is 0 Å². The number of fused-ring (bicyclic) bond motifs is 1. The Morgan fingerprint density at radius 3 is 2.67 bits per heavy atom. The zero-order chi connectivity index (χ0) is 16.9. The number of amides is 2. The van der Waals surface area contributed by atoms with E-state index in [9.17, 15) is 18.0 Å². The summed E-state index contributed by atoms with van der Waals surface area (Å²) in [5.41, 5.74) is 0.901. The summed E-state index contributed by atoms with van der Waals surface area (Å²) in [6, 6.07) is 4.89. The second-order valence-electron chi connectivity index (χ2n) is 6.11. The van der Waals surface area contributed by atoms with Crippen LogP contribution in [0.3, 0.4) is 0 Å². The van der Waals surface area contributed by atoms with E-state index < -0.39 is 16.1 Å². The number of imide groups is 1. The number of ether oxygens (including phenoxy) is 2. The van der Waals surface area contributed by atoms with Crippen LogP contribution >= 0.6 is 0 Å². The Bertz CT molecular complexity index is 799. The Balaban J connectivity index is 1.42. The van der Waals surface area contributed by atoms with Gasteiger partial charge in [0, 0.05) is 32.0 Å². The minimum absolute atomic E-state index is 0.0628. The lowest BCUT2D eigenvalue weighted by Crippen LogP contribution is -2.54. The molecule has 1 aromatic rings. The van der Waals surface area contributed by atoms with Crippen molar-refractivity contribution in [3.05, 3.63) is 23.8 Å². The van der Waals surface area contributed by atoms with Crippen LogP contribution in [0.15, 0.2) is 23.1 Å². The lowest BCUT2D eigenvalue weighted by Gasteiger charge is -2.39. The molecule has 9 heteroatoms. The van der Waals surface area contributed by atoms with Crippen molar-refractivity contribution in [1.82, 2.24) is 9.21 Å². The first kappa shape index (κ1) is 15.4. The smallest absolute Gasteiger partial charge is 0.417 e. The van der Waals surface area contributed by atoms with E-state index in [2.05, 4.69) is 4.74 Å². The molecule has 0 N–H and O–H groups in total. The molecule has 2 fully saturated rings. The maximum absolute atomic E-state index is 12.6. The first-order chi connectivity index (χ1) is 11.4. The van der Waals surface area contributed by atoms with Crippen LogP contribution in [0, 0.1) is 5.92 Å². The predicted molar refractivity (Wildman–Crippen MR) is 81.0 cm³/mol. The number of carbonyl (C=O) groups is 2. The van der Waals surface area contributed by atoms with Crippen LogP contribution in [0.5, 0.6) is 5.75 Å². The van der Waals surface area contributed by atoms with Crippen molar-refractivity contribution in [2.45, 2.75) is 11.3 Å². The van der Waals surface area contributed by atoms with Crippen LogP contribution in [0.25, 0.3) is 0 Å². The fraction of sp³-hybridized carbons (Fsp3) is 0.467. The average Bonchev–Trinajstić information content (AvgIpc) is 3.09. The molecule has 3 heterocycles. The number of hydrogen-bond donors (Lipinski definition) is 0. The summed E-state index contributed by atoms with van der Waals surface area (Å²) in [6.45, 7) is 1.11. The highest BCUT2D eigenvalue weighted by Crippen LogP contribution is 2.31. The maximum Gasteiger partial charge on any atom is 0.417 e. The van der Waals surface area contributed by atoms with E-state index in [-0.39, 0.29) is 43.0 Å². The van der Waals surface area contributed by atoms with Crippen LogP contribution in [-0.4, -0.2) is 62.5 Å². The van der Waals surface area contributed by atoms with Gasteiger partial charge in [-0.1, -0.05) is 0 Å². The van der Waals surface area contributed by atoms with E-state index >= 15 is 0 Å². The van der Waals surface area contributed by atoms with E-state index in [1.54, 1.807) is 18.2 Å². The van der Waals surface area contributed by atoms with E-state index in [0.29, 0.717) is 13.0 Å². The Labute approximate surface area is 139 Å². The summed E-state index contributed by atoms with van der Waals surface area (Å²) >= 11 is 0. The Morgan fingerprint density at radius 1 is 1.17 bits per heavy atom. The summed E-state index contributed by atoms with van der Waals surface area (Å²) in [7, 11) is -3.56. The summed E-state index contributed by atoms with van der Waals surface area (Å²) in [5.74, 6) is 0.300. The van der Waals surface area contributed by atoms with Crippen molar-refractivity contribution in [3.8, 4) is 5.75 Å². The third-order valence-corrected chi connectivity index (χ3v) is 6.33. The molecular formula is C15H16N2O6S. The van der Waals surface area contributed by atoms with Gasteiger partial charge in [0.05, 0.1) is 11.5 Å². The number of rotatable bonds is 4. The molecule has 0 unspecified atom stereocenters. The highest BCUT2D eigenvalue weighted by Gasteiger charge is 2.41. The van der Waals surface area contributed by atoms with Gasteiger partial charge in [0.1, 0.15) is 5.75 Å². The third kappa shape index (κ3) is 2.44. The molecular weight excluding hydrogens is 336 g/mol. The maximum atomic E-state index is 12.6. The number of cyclic esters (lactones) is 1. The predicted octanol–water partition coefficient (Wildman–Crippen LogP) is 0.221. The van der Waals surface area contributed by atoms with Gasteiger partial charge in [0.15, 0.2) is 6.61 Å². The Morgan fingerprint density at radius 2 is 1.96 bits per heavy atom. The second kappa shape index (κ2) is 5.45. The van der Waals surface area contributed by atoms with Gasteiger partial charge in [-0.2, -0.15) is 4.31 Å². The van der Waals surface area contributed by atoms with Crippen molar-refractivity contribution < 1.29 is 27.5 Å². The summed E-state index contributed by atoms with van der Waals surface area (Å²) in [4.78, 5) is 24.2. The van der Waals surface area contributed by atoms with Gasteiger partial charge in [-0.05, 0) is 23.8 Å². The number of carbonyl (C=O) groups excluding carboxylic acids is 2. The molecule has 128 valence electrons. The third-order valence-electron chi connectivity index (χ3n) is 4.50. The van der Waals surface area contributed by atoms with E-state index in [0.717, 1.165) is 16.2 Å². The Kier molecular flexibility index (Phi) is 3.50. The van der Waals surface area contributed by atoms with Gasteiger partial charge in [0.2, 0.25) is 10.0 Å². The number of benzene rings is 1. The van der Waals surface area contributed by atoms with E-state index in [1.807, 2.05) is 0 Å². The average molecular weight is 352 g/mol. The van der Waals surface area contributed by atoms with Gasteiger partial charge in [-0.25, -0.2) is 18.1 Å². The van der Waals surface area contributed by atoms with E-state index in [4.69, 9.17) is 4.74 Å². The van der Waals surface area contributed by atoms with Crippen molar-refractivity contribution >= 4 is 22.0 Å². The minimum Gasteiger partial charge on any atom is -0.493 e. The molecule has 0 aromatic heterocycles. The quantitative estimate of drug-likeness (QED) is 0.770. The summed E-state index contributed by atoms with van der Waals surface area (Å²) in [6.07, 6.45) is 0.0560. The van der Waals surface area contributed by atoms with Crippen LogP contribution in [0.2, 0.25) is 0 Å². The van der Waals surface area contributed by atoms with Crippen LogP contribution in [-0.2, 0) is 26.0 Å². The molecule has 0 bridgehead atoms. The first-order valence-electron chi connectivity index (χ1n) is 7.68. The molecule has 0 saturated carbocycles. The molecule has 1 aromatic carbocycles. The standard InChI is InChI=1S/C15H16N2O6S/c18-14-9-23-15(19)17(14)8-10-6-16(7-10)24(20,21)12-1-2-13-11(5-12)3-4-22-13/h1-2,5,10H,3-4,6-9H2. The zero-order valence-electron chi connectivity index (χ0n) is 12.8. The molecule has 0 radical (unpaired) electrons. The molecule has 24 heavy (non-hydrogen) atoms. The fourth-order valence-corrected chi connectivity index (χ4v) is 4.77. The van der Waals surface area contributed by atoms with Gasteiger partial charge in [0.25, 0.3) is 5.91 Å². The van der Waals surface area contributed by atoms with Crippen molar-refractivity contribution in [2.75, 3.05) is 32.8 Å². The van der Waals surface area contributed by atoms with E-state index in [1.165, 1.54) is 4.31 Å². The molecule has 2 saturated heterocycles. The normalized spacial score (nSPS) is 21.4. The monoisotopic (exact) mass is 352 g/mol. The van der Waals surface area contributed by atoms with Crippen LogP contribution in [0.1, 0.15) is 5.56 Å². The molecule has 4 rings (SSSR count).